The lowest BCUT2D eigenvalue weighted by Gasteiger charge is -2.35. The lowest BCUT2D eigenvalue weighted by molar-refractivity contribution is -0.126. The van der Waals surface area contributed by atoms with Crippen molar-refractivity contribution in [3.8, 4) is 0 Å². The smallest absolute Gasteiger partial charge is 0.246 e. The number of amides is 1. The van der Waals surface area contributed by atoms with Crippen LogP contribution < -0.4 is 10.6 Å². The van der Waals surface area contributed by atoms with E-state index in [2.05, 4.69) is 0 Å². The fourth-order valence-electron chi connectivity index (χ4n) is 2.05. The normalized spacial score (nSPS) is 17.7. The molecule has 1 heterocycles. The number of benzene rings is 1. The van der Waals surface area contributed by atoms with E-state index in [1.54, 1.807) is 11.9 Å². The standard InChI is InChI=1S/C13H18N2O2.ClH/c1-15(11-5-3-2-4-6-11)12(16)13(14)7-9-17-10-8-13;/h2-6H,7-10,14H2,1H3;1H. The van der Waals surface area contributed by atoms with Crippen LogP contribution in [0.2, 0.25) is 0 Å². The molecule has 1 saturated heterocycles. The zero-order chi connectivity index (χ0) is 12.3. The van der Waals surface area contributed by atoms with Crippen molar-refractivity contribution >= 4 is 24.0 Å². The van der Waals surface area contributed by atoms with Crippen molar-refractivity contribution in [2.24, 2.45) is 5.73 Å². The first-order valence-corrected chi connectivity index (χ1v) is 5.83. The second-order valence-corrected chi connectivity index (χ2v) is 4.47. The van der Waals surface area contributed by atoms with Gasteiger partial charge in [0.25, 0.3) is 0 Å². The molecule has 2 N–H and O–H groups in total. The van der Waals surface area contributed by atoms with Gasteiger partial charge in [0.05, 0.1) is 0 Å². The quantitative estimate of drug-likeness (QED) is 0.888. The molecule has 1 aliphatic heterocycles. The third-order valence-electron chi connectivity index (χ3n) is 3.26. The van der Waals surface area contributed by atoms with E-state index in [9.17, 15) is 4.79 Å². The van der Waals surface area contributed by atoms with Crippen molar-refractivity contribution in [2.45, 2.75) is 18.4 Å². The Labute approximate surface area is 114 Å². The summed E-state index contributed by atoms with van der Waals surface area (Å²) in [5, 5.41) is 0. The number of likely N-dealkylation sites (N-methyl/N-ethyl adjacent to an activating group) is 1. The van der Waals surface area contributed by atoms with Gasteiger partial charge in [-0.15, -0.1) is 12.4 Å². The molecular formula is C13H19ClN2O2. The lowest BCUT2D eigenvalue weighted by atomic mass is 9.89. The van der Waals surface area contributed by atoms with Gasteiger partial charge in [0.1, 0.15) is 5.54 Å². The van der Waals surface area contributed by atoms with Gasteiger partial charge >= 0.3 is 0 Å². The highest BCUT2D eigenvalue weighted by molar-refractivity contribution is 5.99. The number of anilines is 1. The number of para-hydroxylation sites is 1. The highest BCUT2D eigenvalue weighted by atomic mass is 35.5. The third-order valence-corrected chi connectivity index (χ3v) is 3.26. The molecule has 5 heteroatoms. The Hall–Kier alpha value is -1.10. The Bertz CT molecular complexity index is 391. The molecule has 1 fully saturated rings. The Kier molecular flexibility index (Phi) is 5.14. The van der Waals surface area contributed by atoms with Crippen LogP contribution in [0.15, 0.2) is 30.3 Å². The summed E-state index contributed by atoms with van der Waals surface area (Å²) in [5.74, 6) is -0.0352. The zero-order valence-corrected chi connectivity index (χ0v) is 11.3. The Morgan fingerprint density at radius 1 is 1.28 bits per heavy atom. The predicted octanol–water partition coefficient (Wildman–Crippen LogP) is 1.58. The maximum Gasteiger partial charge on any atom is 0.246 e. The molecule has 1 aromatic carbocycles. The number of hydrogen-bond donors (Lipinski definition) is 1. The minimum Gasteiger partial charge on any atom is -0.381 e. The van der Waals surface area contributed by atoms with Gasteiger partial charge in [0, 0.05) is 25.9 Å². The molecule has 100 valence electrons. The molecular weight excluding hydrogens is 252 g/mol. The largest absolute Gasteiger partial charge is 0.381 e. The van der Waals surface area contributed by atoms with E-state index in [1.165, 1.54) is 0 Å². The van der Waals surface area contributed by atoms with Crippen LogP contribution in [0.3, 0.4) is 0 Å². The average Bonchev–Trinajstić information content (AvgIpc) is 2.39. The summed E-state index contributed by atoms with van der Waals surface area (Å²) in [4.78, 5) is 14.0. The summed E-state index contributed by atoms with van der Waals surface area (Å²) in [6, 6.07) is 9.55. The van der Waals surface area contributed by atoms with E-state index in [-0.39, 0.29) is 18.3 Å². The molecule has 2 rings (SSSR count). The second-order valence-electron chi connectivity index (χ2n) is 4.47. The van der Waals surface area contributed by atoms with Crippen molar-refractivity contribution in [1.29, 1.82) is 0 Å². The molecule has 0 bridgehead atoms. The minimum atomic E-state index is -0.775. The van der Waals surface area contributed by atoms with Crippen LogP contribution in [0.5, 0.6) is 0 Å². The number of nitrogens with zero attached hydrogens (tertiary/aromatic N) is 1. The molecule has 0 radical (unpaired) electrons. The third kappa shape index (κ3) is 3.02. The summed E-state index contributed by atoms with van der Waals surface area (Å²) in [7, 11) is 1.77. The van der Waals surface area contributed by atoms with Gasteiger partial charge in [-0.25, -0.2) is 0 Å². The Balaban J connectivity index is 0.00000162. The van der Waals surface area contributed by atoms with Crippen LogP contribution in [0.25, 0.3) is 0 Å². The van der Waals surface area contributed by atoms with Crippen LogP contribution >= 0.6 is 12.4 Å². The number of rotatable bonds is 2. The predicted molar refractivity (Wildman–Crippen MR) is 74.1 cm³/mol. The first kappa shape index (κ1) is 15.0. The van der Waals surface area contributed by atoms with Gasteiger partial charge in [-0.2, -0.15) is 0 Å². The minimum absolute atomic E-state index is 0. The van der Waals surface area contributed by atoms with Crippen LogP contribution in [0.4, 0.5) is 5.69 Å². The second kappa shape index (κ2) is 6.18. The van der Waals surface area contributed by atoms with Crippen LogP contribution in [0, 0.1) is 0 Å². The maximum absolute atomic E-state index is 12.4. The molecule has 1 aliphatic rings. The molecule has 0 aliphatic carbocycles. The van der Waals surface area contributed by atoms with Gasteiger partial charge < -0.3 is 15.4 Å². The summed E-state index contributed by atoms with van der Waals surface area (Å²) >= 11 is 0. The first-order chi connectivity index (χ1) is 8.13. The van der Waals surface area contributed by atoms with E-state index in [0.717, 1.165) is 5.69 Å². The molecule has 0 spiro atoms. The first-order valence-electron chi connectivity index (χ1n) is 5.83. The van der Waals surface area contributed by atoms with E-state index in [0.29, 0.717) is 26.1 Å². The fraction of sp³-hybridized carbons (Fsp3) is 0.462. The van der Waals surface area contributed by atoms with Crippen molar-refractivity contribution in [2.75, 3.05) is 25.2 Å². The summed E-state index contributed by atoms with van der Waals surface area (Å²) in [6.07, 6.45) is 1.17. The van der Waals surface area contributed by atoms with E-state index < -0.39 is 5.54 Å². The Morgan fingerprint density at radius 3 is 2.39 bits per heavy atom. The van der Waals surface area contributed by atoms with Gasteiger partial charge in [-0.3, -0.25) is 4.79 Å². The fourth-order valence-corrected chi connectivity index (χ4v) is 2.05. The molecule has 18 heavy (non-hydrogen) atoms. The topological polar surface area (TPSA) is 55.6 Å². The van der Waals surface area contributed by atoms with E-state index in [4.69, 9.17) is 10.5 Å². The van der Waals surface area contributed by atoms with E-state index >= 15 is 0 Å². The zero-order valence-electron chi connectivity index (χ0n) is 10.5. The molecule has 1 aromatic rings. The van der Waals surface area contributed by atoms with E-state index in [1.807, 2.05) is 30.3 Å². The molecule has 0 unspecified atom stereocenters. The summed E-state index contributed by atoms with van der Waals surface area (Å²) in [6.45, 7) is 1.12. The monoisotopic (exact) mass is 270 g/mol. The molecule has 4 nitrogen and oxygen atoms in total. The van der Waals surface area contributed by atoms with Gasteiger partial charge in [-0.05, 0) is 25.0 Å². The van der Waals surface area contributed by atoms with Gasteiger partial charge in [-0.1, -0.05) is 18.2 Å². The van der Waals surface area contributed by atoms with Crippen molar-refractivity contribution in [1.82, 2.24) is 0 Å². The highest BCUT2D eigenvalue weighted by Crippen LogP contribution is 2.23. The SMILES string of the molecule is CN(C(=O)C1(N)CCOCC1)c1ccccc1.Cl. The maximum atomic E-state index is 12.4. The number of nitrogens with two attached hydrogens (primary N) is 1. The lowest BCUT2D eigenvalue weighted by Crippen LogP contribution is -2.57. The van der Waals surface area contributed by atoms with Crippen molar-refractivity contribution in [3.63, 3.8) is 0 Å². The number of ether oxygens (including phenoxy) is 1. The van der Waals surface area contributed by atoms with Crippen molar-refractivity contribution < 1.29 is 9.53 Å². The van der Waals surface area contributed by atoms with Gasteiger partial charge in [0.2, 0.25) is 5.91 Å². The summed E-state index contributed by atoms with van der Waals surface area (Å²) in [5.41, 5.74) is 6.26. The highest BCUT2D eigenvalue weighted by Gasteiger charge is 2.38. The molecule has 0 saturated carbocycles. The number of halogens is 1. The molecule has 0 aromatic heterocycles. The van der Waals surface area contributed by atoms with Crippen molar-refractivity contribution in [3.05, 3.63) is 30.3 Å². The average molecular weight is 271 g/mol. The van der Waals surface area contributed by atoms with Crippen LogP contribution in [0.1, 0.15) is 12.8 Å². The van der Waals surface area contributed by atoms with Gasteiger partial charge in [0.15, 0.2) is 0 Å². The number of hydrogen-bond acceptors (Lipinski definition) is 3. The van der Waals surface area contributed by atoms with Crippen LogP contribution in [-0.2, 0) is 9.53 Å². The van der Waals surface area contributed by atoms with Crippen LogP contribution in [-0.4, -0.2) is 31.7 Å². The molecule has 0 atom stereocenters. The summed E-state index contributed by atoms with van der Waals surface area (Å²) < 4.78 is 5.25. The Morgan fingerprint density at radius 2 is 1.83 bits per heavy atom. The number of carbonyl (C=O) groups is 1. The molecule has 1 amide bonds. The number of carbonyl (C=O) groups excluding carboxylic acids is 1.